The Labute approximate surface area is 129 Å². The molecular formula is C16H22BrN3. The highest BCUT2D eigenvalue weighted by atomic mass is 79.9. The zero-order valence-corrected chi connectivity index (χ0v) is 13.7. The van der Waals surface area contributed by atoms with Gasteiger partial charge in [0.1, 0.15) is 0 Å². The molecule has 0 bridgehead atoms. The summed E-state index contributed by atoms with van der Waals surface area (Å²) >= 11 is 3.56. The van der Waals surface area contributed by atoms with Gasteiger partial charge in [0.15, 0.2) is 0 Å². The van der Waals surface area contributed by atoms with E-state index in [4.69, 9.17) is 0 Å². The van der Waals surface area contributed by atoms with E-state index >= 15 is 0 Å². The molecule has 0 aliphatic rings. The zero-order valence-electron chi connectivity index (χ0n) is 12.1. The number of hydrogen-bond acceptors (Lipinski definition) is 2. The van der Waals surface area contributed by atoms with Gasteiger partial charge in [-0.15, -0.1) is 0 Å². The number of aryl methyl sites for hydroxylation is 2. The Balaban J connectivity index is 2.03. The van der Waals surface area contributed by atoms with E-state index in [1.165, 1.54) is 11.1 Å². The fraction of sp³-hybridized carbons (Fsp3) is 0.438. The molecular weight excluding hydrogens is 314 g/mol. The molecule has 108 valence electrons. The minimum Gasteiger partial charge on any atom is -0.310 e. The Morgan fingerprint density at radius 1 is 1.40 bits per heavy atom. The number of rotatable bonds is 7. The van der Waals surface area contributed by atoms with Crippen LogP contribution in [0.1, 0.15) is 36.9 Å². The van der Waals surface area contributed by atoms with Crippen molar-refractivity contribution in [1.82, 2.24) is 15.1 Å². The molecule has 20 heavy (non-hydrogen) atoms. The van der Waals surface area contributed by atoms with Crippen LogP contribution in [0.3, 0.4) is 0 Å². The van der Waals surface area contributed by atoms with Gasteiger partial charge < -0.3 is 5.32 Å². The molecule has 0 radical (unpaired) electrons. The van der Waals surface area contributed by atoms with Crippen molar-refractivity contribution >= 4 is 15.9 Å². The van der Waals surface area contributed by atoms with Crippen LogP contribution in [0, 0.1) is 0 Å². The molecule has 2 aromatic rings. The van der Waals surface area contributed by atoms with E-state index in [0.29, 0.717) is 6.04 Å². The molecule has 0 aliphatic carbocycles. The standard InChI is InChI=1S/C16H22BrN3/c1-3-9-18-16(14-5-4-6-15(17)10-14)8-7-13-11-19-20(2)12-13/h4-6,10-12,16,18H,3,7-9H2,1-2H3. The van der Waals surface area contributed by atoms with Gasteiger partial charge in [0, 0.05) is 23.8 Å². The minimum atomic E-state index is 0.396. The van der Waals surface area contributed by atoms with Crippen molar-refractivity contribution in [2.75, 3.05) is 6.54 Å². The van der Waals surface area contributed by atoms with Crippen LogP contribution >= 0.6 is 15.9 Å². The lowest BCUT2D eigenvalue weighted by molar-refractivity contribution is 0.499. The Kier molecular flexibility index (Phi) is 5.80. The quantitative estimate of drug-likeness (QED) is 0.832. The topological polar surface area (TPSA) is 29.9 Å². The molecule has 0 saturated heterocycles. The minimum absolute atomic E-state index is 0.396. The Bertz CT molecular complexity index is 536. The highest BCUT2D eigenvalue weighted by molar-refractivity contribution is 9.10. The highest BCUT2D eigenvalue weighted by Gasteiger charge is 2.11. The summed E-state index contributed by atoms with van der Waals surface area (Å²) in [6.07, 6.45) is 7.33. The molecule has 1 aromatic carbocycles. The SMILES string of the molecule is CCCNC(CCc1cnn(C)c1)c1cccc(Br)c1. The van der Waals surface area contributed by atoms with E-state index in [1.54, 1.807) is 0 Å². The summed E-state index contributed by atoms with van der Waals surface area (Å²) in [6.45, 7) is 3.25. The Hall–Kier alpha value is -1.13. The number of nitrogens with one attached hydrogen (secondary N) is 1. The van der Waals surface area contributed by atoms with Crippen LogP contribution in [0.4, 0.5) is 0 Å². The van der Waals surface area contributed by atoms with Crippen LogP contribution in [-0.2, 0) is 13.5 Å². The number of nitrogens with zero attached hydrogens (tertiary/aromatic N) is 2. The molecule has 0 fully saturated rings. The van der Waals surface area contributed by atoms with E-state index in [0.717, 1.165) is 30.3 Å². The molecule has 1 atom stereocenters. The average molecular weight is 336 g/mol. The number of halogens is 1. The monoisotopic (exact) mass is 335 g/mol. The largest absolute Gasteiger partial charge is 0.310 e. The van der Waals surface area contributed by atoms with E-state index in [1.807, 2.05) is 17.9 Å². The molecule has 1 unspecified atom stereocenters. The van der Waals surface area contributed by atoms with E-state index in [-0.39, 0.29) is 0 Å². The lowest BCUT2D eigenvalue weighted by Gasteiger charge is -2.19. The molecule has 4 heteroatoms. The molecule has 0 aliphatic heterocycles. The second-order valence-electron chi connectivity index (χ2n) is 5.12. The number of hydrogen-bond donors (Lipinski definition) is 1. The molecule has 1 aromatic heterocycles. The van der Waals surface area contributed by atoms with Crippen molar-refractivity contribution in [3.8, 4) is 0 Å². The van der Waals surface area contributed by atoms with Crippen molar-refractivity contribution in [1.29, 1.82) is 0 Å². The first kappa shape index (κ1) is 15.3. The van der Waals surface area contributed by atoms with Gasteiger partial charge in [-0.1, -0.05) is 35.0 Å². The van der Waals surface area contributed by atoms with Gasteiger partial charge in [0.2, 0.25) is 0 Å². The van der Waals surface area contributed by atoms with Gasteiger partial charge in [0.05, 0.1) is 6.20 Å². The van der Waals surface area contributed by atoms with Crippen LogP contribution in [0.5, 0.6) is 0 Å². The third-order valence-corrected chi connectivity index (χ3v) is 3.87. The fourth-order valence-corrected chi connectivity index (χ4v) is 2.76. The summed E-state index contributed by atoms with van der Waals surface area (Å²) in [5.41, 5.74) is 2.64. The van der Waals surface area contributed by atoms with Gasteiger partial charge in [-0.25, -0.2) is 0 Å². The highest BCUT2D eigenvalue weighted by Crippen LogP contribution is 2.22. The second kappa shape index (κ2) is 7.60. The molecule has 0 saturated carbocycles. The summed E-state index contributed by atoms with van der Waals surface area (Å²) in [4.78, 5) is 0. The van der Waals surface area contributed by atoms with Crippen molar-refractivity contribution in [2.45, 2.75) is 32.2 Å². The summed E-state index contributed by atoms with van der Waals surface area (Å²) in [5.74, 6) is 0. The molecule has 1 heterocycles. The maximum Gasteiger partial charge on any atom is 0.0521 e. The predicted molar refractivity (Wildman–Crippen MR) is 86.7 cm³/mol. The lowest BCUT2D eigenvalue weighted by atomic mass is 10.00. The normalized spacial score (nSPS) is 12.6. The Morgan fingerprint density at radius 2 is 2.25 bits per heavy atom. The number of benzene rings is 1. The fourth-order valence-electron chi connectivity index (χ4n) is 2.34. The van der Waals surface area contributed by atoms with Crippen LogP contribution in [0.15, 0.2) is 41.1 Å². The van der Waals surface area contributed by atoms with Gasteiger partial charge >= 0.3 is 0 Å². The molecule has 0 spiro atoms. The third-order valence-electron chi connectivity index (χ3n) is 3.37. The van der Waals surface area contributed by atoms with Gasteiger partial charge in [0.25, 0.3) is 0 Å². The van der Waals surface area contributed by atoms with Gasteiger partial charge in [-0.05, 0) is 49.1 Å². The molecule has 0 amide bonds. The van der Waals surface area contributed by atoms with Crippen molar-refractivity contribution in [3.63, 3.8) is 0 Å². The summed E-state index contributed by atoms with van der Waals surface area (Å²) < 4.78 is 3.00. The number of aromatic nitrogens is 2. The smallest absolute Gasteiger partial charge is 0.0521 e. The molecule has 2 rings (SSSR count). The summed E-state index contributed by atoms with van der Waals surface area (Å²) in [5, 5.41) is 7.87. The maximum absolute atomic E-state index is 4.23. The van der Waals surface area contributed by atoms with E-state index in [2.05, 4.69) is 63.7 Å². The van der Waals surface area contributed by atoms with E-state index < -0.39 is 0 Å². The molecule has 1 N–H and O–H groups in total. The first-order valence-electron chi connectivity index (χ1n) is 7.15. The second-order valence-corrected chi connectivity index (χ2v) is 6.04. The lowest BCUT2D eigenvalue weighted by Crippen LogP contribution is -2.22. The third kappa shape index (κ3) is 4.46. The van der Waals surface area contributed by atoms with Crippen LogP contribution in [0.25, 0.3) is 0 Å². The first-order valence-corrected chi connectivity index (χ1v) is 7.94. The summed E-state index contributed by atoms with van der Waals surface area (Å²) in [6, 6.07) is 8.97. The van der Waals surface area contributed by atoms with Gasteiger partial charge in [-0.2, -0.15) is 5.10 Å². The summed E-state index contributed by atoms with van der Waals surface area (Å²) in [7, 11) is 1.96. The van der Waals surface area contributed by atoms with Crippen molar-refractivity contribution in [2.24, 2.45) is 7.05 Å². The van der Waals surface area contributed by atoms with E-state index in [9.17, 15) is 0 Å². The van der Waals surface area contributed by atoms with Crippen molar-refractivity contribution in [3.05, 3.63) is 52.3 Å². The maximum atomic E-state index is 4.23. The average Bonchev–Trinajstić information content (AvgIpc) is 2.85. The Morgan fingerprint density at radius 3 is 2.90 bits per heavy atom. The van der Waals surface area contributed by atoms with Gasteiger partial charge in [-0.3, -0.25) is 4.68 Å². The van der Waals surface area contributed by atoms with Crippen LogP contribution < -0.4 is 5.32 Å². The molecule has 3 nitrogen and oxygen atoms in total. The van der Waals surface area contributed by atoms with Crippen LogP contribution in [0.2, 0.25) is 0 Å². The predicted octanol–water partition coefficient (Wildman–Crippen LogP) is 3.86. The first-order chi connectivity index (χ1) is 9.69. The van der Waals surface area contributed by atoms with Crippen LogP contribution in [-0.4, -0.2) is 16.3 Å². The van der Waals surface area contributed by atoms with Crippen molar-refractivity contribution < 1.29 is 0 Å². The zero-order chi connectivity index (χ0) is 14.4.